The summed E-state index contributed by atoms with van der Waals surface area (Å²) in [6, 6.07) is 9.44. The lowest BCUT2D eigenvalue weighted by molar-refractivity contribution is -0.134. The molecule has 2 nitrogen and oxygen atoms in total. The summed E-state index contributed by atoms with van der Waals surface area (Å²) in [6.07, 6.45) is 1.11. The predicted molar refractivity (Wildman–Crippen MR) is 53.7 cm³/mol. The van der Waals surface area contributed by atoms with Gasteiger partial charge in [-0.1, -0.05) is 36.4 Å². The van der Waals surface area contributed by atoms with Crippen LogP contribution in [0.1, 0.15) is 0 Å². The van der Waals surface area contributed by atoms with Crippen molar-refractivity contribution in [2.75, 3.05) is 7.11 Å². The number of rotatable bonds is 1. The first-order valence-electron chi connectivity index (χ1n) is 3.61. The fraction of sp³-hybridized carbons (Fsp3) is 0.100. The molecule has 0 spiro atoms. The minimum Gasteiger partial charge on any atom is -0.466 e. The third kappa shape index (κ3) is 7.09. The fourth-order valence-electron chi connectivity index (χ4n) is 0.498. The summed E-state index contributed by atoms with van der Waals surface area (Å²) >= 11 is 5.54. The van der Waals surface area contributed by atoms with Gasteiger partial charge in [0.2, 0.25) is 0 Å². The van der Waals surface area contributed by atoms with Gasteiger partial charge in [-0.3, -0.25) is 0 Å². The summed E-state index contributed by atoms with van der Waals surface area (Å²) in [5.74, 6) is -0.394. The maximum atomic E-state index is 9.84. The number of benzene rings is 1. The van der Waals surface area contributed by atoms with Gasteiger partial charge in [0.1, 0.15) is 0 Å². The molecule has 70 valence electrons. The van der Waals surface area contributed by atoms with Gasteiger partial charge in [0.25, 0.3) is 0 Å². The quantitative estimate of drug-likeness (QED) is 0.512. The molecule has 3 heteroatoms. The molecule has 0 saturated carbocycles. The molecule has 0 amide bonds. The lowest BCUT2D eigenvalue weighted by Crippen LogP contribution is -1.91. The van der Waals surface area contributed by atoms with Crippen molar-refractivity contribution in [2.45, 2.75) is 0 Å². The molecular formula is C10H11ClO2. The van der Waals surface area contributed by atoms with Crippen molar-refractivity contribution in [3.63, 3.8) is 0 Å². The largest absolute Gasteiger partial charge is 0.466 e. The van der Waals surface area contributed by atoms with Crippen LogP contribution >= 0.6 is 11.6 Å². The first-order valence-corrected chi connectivity index (χ1v) is 3.99. The number of carbonyl (C=O) groups excluding carboxylic acids is 1. The second-order valence-electron chi connectivity index (χ2n) is 2.02. The normalized spacial score (nSPS) is 7.85. The Morgan fingerprint density at radius 3 is 2.15 bits per heavy atom. The number of methoxy groups -OCH3 is 1. The van der Waals surface area contributed by atoms with Crippen LogP contribution in [0.3, 0.4) is 0 Å². The van der Waals surface area contributed by atoms with Crippen molar-refractivity contribution in [1.82, 2.24) is 0 Å². The molecule has 1 aromatic rings. The van der Waals surface area contributed by atoms with E-state index in [1.807, 2.05) is 30.3 Å². The van der Waals surface area contributed by atoms with Gasteiger partial charge in [-0.15, -0.1) is 0 Å². The molecule has 0 bridgehead atoms. The van der Waals surface area contributed by atoms with Crippen molar-refractivity contribution >= 4 is 17.6 Å². The Hall–Kier alpha value is -1.28. The smallest absolute Gasteiger partial charge is 0.329 e. The highest BCUT2D eigenvalue weighted by atomic mass is 35.5. The minimum atomic E-state index is -0.394. The fourth-order valence-corrected chi connectivity index (χ4v) is 0.643. The maximum absolute atomic E-state index is 9.84. The summed E-state index contributed by atoms with van der Waals surface area (Å²) in [7, 11) is 1.31. The predicted octanol–water partition coefficient (Wildman–Crippen LogP) is 2.69. The molecule has 0 fully saturated rings. The summed E-state index contributed by atoms with van der Waals surface area (Å²) in [5, 5.41) is 0.794. The summed E-state index contributed by atoms with van der Waals surface area (Å²) < 4.78 is 4.14. The molecule has 0 N–H and O–H groups in total. The minimum absolute atomic E-state index is 0.394. The summed E-state index contributed by atoms with van der Waals surface area (Å²) in [5.41, 5.74) is 0. The van der Waals surface area contributed by atoms with E-state index >= 15 is 0 Å². The van der Waals surface area contributed by atoms with E-state index in [4.69, 9.17) is 11.6 Å². The van der Waals surface area contributed by atoms with Crippen LogP contribution in [0.15, 0.2) is 43.0 Å². The van der Waals surface area contributed by atoms with Gasteiger partial charge in [-0.05, 0) is 12.1 Å². The number of hydrogen-bond acceptors (Lipinski definition) is 2. The third-order valence-corrected chi connectivity index (χ3v) is 1.35. The maximum Gasteiger partial charge on any atom is 0.329 e. The summed E-state index contributed by atoms with van der Waals surface area (Å²) in [4.78, 5) is 9.84. The van der Waals surface area contributed by atoms with Crippen LogP contribution in [-0.2, 0) is 9.53 Å². The number of halogens is 1. The lowest BCUT2D eigenvalue weighted by Gasteiger charge is -1.83. The van der Waals surface area contributed by atoms with E-state index in [-0.39, 0.29) is 0 Å². The van der Waals surface area contributed by atoms with Crippen LogP contribution in [0, 0.1) is 0 Å². The van der Waals surface area contributed by atoms with Gasteiger partial charge < -0.3 is 4.74 Å². The van der Waals surface area contributed by atoms with E-state index in [0.29, 0.717) is 0 Å². The van der Waals surface area contributed by atoms with E-state index in [0.717, 1.165) is 11.1 Å². The van der Waals surface area contributed by atoms with Crippen LogP contribution in [0.2, 0.25) is 5.02 Å². The van der Waals surface area contributed by atoms with Gasteiger partial charge in [0.15, 0.2) is 0 Å². The van der Waals surface area contributed by atoms with Crippen LogP contribution in [-0.4, -0.2) is 13.1 Å². The third-order valence-electron chi connectivity index (χ3n) is 1.10. The van der Waals surface area contributed by atoms with E-state index in [1.165, 1.54) is 7.11 Å². The number of esters is 1. The van der Waals surface area contributed by atoms with Gasteiger partial charge >= 0.3 is 5.97 Å². The molecule has 0 aliphatic heterocycles. The average molecular weight is 199 g/mol. The van der Waals surface area contributed by atoms with Gasteiger partial charge in [-0.25, -0.2) is 4.79 Å². The average Bonchev–Trinajstić information content (AvgIpc) is 2.19. The first kappa shape index (κ1) is 11.7. The first-order chi connectivity index (χ1) is 6.20. The standard InChI is InChI=1S/C6H5Cl.C4H6O2/c7-6-4-2-1-3-5-6;1-3-4(5)6-2/h1-5H;3H,1H2,2H3. The molecule has 1 rings (SSSR count). The summed E-state index contributed by atoms with van der Waals surface area (Å²) in [6.45, 7) is 3.16. The van der Waals surface area contributed by atoms with Crippen LogP contribution in [0.25, 0.3) is 0 Å². The van der Waals surface area contributed by atoms with Crippen LogP contribution in [0.5, 0.6) is 0 Å². The molecule has 0 aliphatic rings. The second kappa shape index (κ2) is 7.37. The SMILES string of the molecule is C=CC(=O)OC.Clc1ccccc1. The van der Waals surface area contributed by atoms with Gasteiger partial charge in [-0.2, -0.15) is 0 Å². The topological polar surface area (TPSA) is 26.3 Å². The zero-order valence-corrected chi connectivity index (χ0v) is 8.12. The molecule has 0 aromatic heterocycles. The molecule has 13 heavy (non-hydrogen) atoms. The highest BCUT2D eigenvalue weighted by Gasteiger charge is 1.81. The highest BCUT2D eigenvalue weighted by molar-refractivity contribution is 6.30. The Morgan fingerprint density at radius 1 is 1.46 bits per heavy atom. The van der Waals surface area contributed by atoms with Crippen molar-refractivity contribution in [2.24, 2.45) is 0 Å². The Balaban J connectivity index is 0.000000226. The molecule has 0 saturated heterocycles. The van der Waals surface area contributed by atoms with Crippen molar-refractivity contribution in [3.05, 3.63) is 48.0 Å². The molecule has 1 aromatic carbocycles. The van der Waals surface area contributed by atoms with Crippen molar-refractivity contribution < 1.29 is 9.53 Å². The van der Waals surface area contributed by atoms with Crippen molar-refractivity contribution in [3.8, 4) is 0 Å². The van der Waals surface area contributed by atoms with Gasteiger partial charge in [0, 0.05) is 11.1 Å². The van der Waals surface area contributed by atoms with Crippen LogP contribution in [0.4, 0.5) is 0 Å². The molecule has 0 aliphatic carbocycles. The van der Waals surface area contributed by atoms with E-state index in [9.17, 15) is 4.79 Å². The zero-order chi connectivity index (χ0) is 10.1. The Kier molecular flexibility index (Phi) is 6.65. The molecular weight excluding hydrogens is 188 g/mol. The van der Waals surface area contributed by atoms with E-state index in [1.54, 1.807) is 0 Å². The zero-order valence-electron chi connectivity index (χ0n) is 7.37. The van der Waals surface area contributed by atoms with Gasteiger partial charge in [0.05, 0.1) is 7.11 Å². The Morgan fingerprint density at radius 2 is 2.00 bits per heavy atom. The van der Waals surface area contributed by atoms with Crippen LogP contribution < -0.4 is 0 Å². The molecule has 0 radical (unpaired) electrons. The molecule has 0 atom stereocenters. The number of carbonyl (C=O) groups is 1. The number of ether oxygens (including phenoxy) is 1. The monoisotopic (exact) mass is 198 g/mol. The Bertz CT molecular complexity index is 257. The van der Waals surface area contributed by atoms with E-state index < -0.39 is 5.97 Å². The lowest BCUT2D eigenvalue weighted by atomic mass is 10.4. The molecule has 0 heterocycles. The van der Waals surface area contributed by atoms with Crippen molar-refractivity contribution in [1.29, 1.82) is 0 Å². The Labute approximate surface area is 82.8 Å². The highest BCUT2D eigenvalue weighted by Crippen LogP contribution is 2.03. The van der Waals surface area contributed by atoms with E-state index in [2.05, 4.69) is 11.3 Å². The second-order valence-corrected chi connectivity index (χ2v) is 2.46. The number of hydrogen-bond donors (Lipinski definition) is 0. The molecule has 0 unspecified atom stereocenters.